The van der Waals surface area contributed by atoms with Gasteiger partial charge in [0, 0.05) is 0 Å². The second-order valence-corrected chi connectivity index (χ2v) is 19.3. The van der Waals surface area contributed by atoms with E-state index >= 15 is 0 Å². The van der Waals surface area contributed by atoms with Crippen LogP contribution in [0.3, 0.4) is 0 Å². The van der Waals surface area contributed by atoms with E-state index in [4.69, 9.17) is 4.43 Å². The molecule has 0 radical (unpaired) electrons. The van der Waals surface area contributed by atoms with Crippen LogP contribution in [-0.4, -0.2) is 44.7 Å². The van der Waals surface area contributed by atoms with Crippen LogP contribution in [0.15, 0.2) is 113 Å². The molecular formula is C31H34N2O3SSeSi. The van der Waals surface area contributed by atoms with Crippen LogP contribution in [0, 0.1) is 0 Å². The molecule has 1 aromatic heterocycles. The predicted molar refractivity (Wildman–Crippen MR) is 166 cm³/mol. The van der Waals surface area contributed by atoms with Crippen molar-refractivity contribution in [3.05, 3.63) is 124 Å². The number of benzene rings is 3. The van der Waals surface area contributed by atoms with Crippen molar-refractivity contribution in [2.24, 2.45) is 0 Å². The zero-order valence-electron chi connectivity index (χ0n) is 22.4. The SMILES string of the molecule is CC(C)(C)[Si](OC[C@@H]1C[C@@H]([Se]c2ccccc2)[C@H](n2ccc(=O)[nH]c2=O)S1)(c1ccccc1)c1ccccc1. The van der Waals surface area contributed by atoms with Crippen LogP contribution in [-0.2, 0) is 4.43 Å². The summed E-state index contributed by atoms with van der Waals surface area (Å²) in [6, 6.07) is 33.4. The van der Waals surface area contributed by atoms with Crippen molar-refractivity contribution < 1.29 is 4.43 Å². The Balaban J connectivity index is 1.48. The molecular weight excluding hydrogens is 587 g/mol. The van der Waals surface area contributed by atoms with Crippen LogP contribution in [0.5, 0.6) is 0 Å². The van der Waals surface area contributed by atoms with Crippen LogP contribution < -0.4 is 26.1 Å². The van der Waals surface area contributed by atoms with Gasteiger partial charge in [-0.25, -0.2) is 0 Å². The second-order valence-electron chi connectivity index (χ2n) is 10.8. The van der Waals surface area contributed by atoms with Gasteiger partial charge < -0.3 is 0 Å². The summed E-state index contributed by atoms with van der Waals surface area (Å²) in [5.41, 5.74) is -0.710. The first-order chi connectivity index (χ1) is 18.8. The molecule has 3 aromatic carbocycles. The standard InChI is InChI=1S/C31H34N2O3SSeSi/c1-31(2,3)39(25-15-9-5-10-16-25,26-17-11-6-12-18-26)36-22-23-21-27(38-24-13-7-4-8-14-24)29(37-23)33-20-19-28(34)32-30(33)35/h4-20,23,27,29H,21-22H2,1-3H3,(H,32,34,35)/t23-,27+,29+/m0/s1. The number of hydrogen-bond acceptors (Lipinski definition) is 4. The van der Waals surface area contributed by atoms with Gasteiger partial charge in [-0.2, -0.15) is 0 Å². The molecule has 1 aliphatic heterocycles. The van der Waals surface area contributed by atoms with Gasteiger partial charge in [0.2, 0.25) is 0 Å². The second kappa shape index (κ2) is 11.9. The zero-order chi connectivity index (χ0) is 27.5. The maximum absolute atomic E-state index is 12.8. The van der Waals surface area contributed by atoms with Gasteiger partial charge in [-0.05, 0) is 0 Å². The summed E-state index contributed by atoms with van der Waals surface area (Å²) >= 11 is 1.97. The molecule has 5 nitrogen and oxygen atoms in total. The summed E-state index contributed by atoms with van der Waals surface area (Å²) in [6.45, 7) is 7.49. The van der Waals surface area contributed by atoms with E-state index in [-0.39, 0.29) is 41.9 Å². The maximum atomic E-state index is 12.8. The molecule has 0 spiro atoms. The van der Waals surface area contributed by atoms with Crippen molar-refractivity contribution in [1.82, 2.24) is 9.55 Å². The summed E-state index contributed by atoms with van der Waals surface area (Å²) < 4.78 is 10.3. The summed E-state index contributed by atoms with van der Waals surface area (Å²) in [7, 11) is -2.66. The molecule has 2 heterocycles. The molecule has 4 aromatic rings. The van der Waals surface area contributed by atoms with Gasteiger partial charge in [0.1, 0.15) is 0 Å². The van der Waals surface area contributed by atoms with Gasteiger partial charge in [0.05, 0.1) is 0 Å². The van der Waals surface area contributed by atoms with E-state index in [0.717, 1.165) is 6.42 Å². The van der Waals surface area contributed by atoms with E-state index in [0.29, 0.717) is 11.4 Å². The summed E-state index contributed by atoms with van der Waals surface area (Å²) in [4.78, 5) is 27.4. The third-order valence-electron chi connectivity index (χ3n) is 7.20. The molecule has 202 valence electrons. The fraction of sp³-hybridized carbons (Fsp3) is 0.290. The number of rotatable bonds is 8. The van der Waals surface area contributed by atoms with Gasteiger partial charge in [-0.3, -0.25) is 0 Å². The van der Waals surface area contributed by atoms with E-state index in [9.17, 15) is 9.59 Å². The molecule has 8 heteroatoms. The average molecular weight is 622 g/mol. The van der Waals surface area contributed by atoms with Crippen LogP contribution in [0.4, 0.5) is 0 Å². The Labute approximate surface area is 241 Å². The molecule has 1 N–H and O–H groups in total. The topological polar surface area (TPSA) is 64.1 Å². The minimum atomic E-state index is -2.66. The third kappa shape index (κ3) is 5.95. The molecule has 0 aliphatic carbocycles. The molecule has 0 unspecified atom stereocenters. The Morgan fingerprint density at radius 2 is 1.46 bits per heavy atom. The molecule has 0 bridgehead atoms. The molecule has 3 atom stereocenters. The van der Waals surface area contributed by atoms with Crippen LogP contribution >= 0.6 is 11.8 Å². The fourth-order valence-electron chi connectivity index (χ4n) is 5.46. The van der Waals surface area contributed by atoms with E-state index in [1.165, 1.54) is 20.9 Å². The summed E-state index contributed by atoms with van der Waals surface area (Å²) in [6.07, 6.45) is 2.60. The monoisotopic (exact) mass is 622 g/mol. The van der Waals surface area contributed by atoms with Crippen molar-refractivity contribution >= 4 is 49.9 Å². The Bertz CT molecular complexity index is 1450. The van der Waals surface area contributed by atoms with Gasteiger partial charge in [0.15, 0.2) is 0 Å². The Hall–Kier alpha value is -2.61. The van der Waals surface area contributed by atoms with Gasteiger partial charge in [-0.1, -0.05) is 0 Å². The van der Waals surface area contributed by atoms with Gasteiger partial charge in [-0.15, -0.1) is 0 Å². The molecule has 0 saturated carbocycles. The molecule has 5 rings (SSSR count). The molecule has 1 saturated heterocycles. The first-order valence-corrected chi connectivity index (χ1v) is 17.9. The van der Waals surface area contributed by atoms with Crippen molar-refractivity contribution in [3.8, 4) is 0 Å². The summed E-state index contributed by atoms with van der Waals surface area (Å²) in [5.74, 6) is 0. The van der Waals surface area contributed by atoms with Crippen LogP contribution in [0.1, 0.15) is 32.6 Å². The van der Waals surface area contributed by atoms with E-state index < -0.39 is 8.32 Å². The van der Waals surface area contributed by atoms with Crippen molar-refractivity contribution in [3.63, 3.8) is 0 Å². The number of aromatic nitrogens is 2. The molecule has 0 amide bonds. The Morgan fingerprint density at radius 3 is 2.00 bits per heavy atom. The Kier molecular flexibility index (Phi) is 8.50. The average Bonchev–Trinajstić information content (AvgIpc) is 3.32. The molecule has 1 fully saturated rings. The molecule has 39 heavy (non-hydrogen) atoms. The summed E-state index contributed by atoms with van der Waals surface area (Å²) in [5, 5.41) is 2.62. The number of thioether (sulfide) groups is 1. The van der Waals surface area contributed by atoms with Crippen LogP contribution in [0.2, 0.25) is 9.85 Å². The quantitative estimate of drug-likeness (QED) is 0.303. The number of nitrogens with zero attached hydrogens (tertiary/aromatic N) is 1. The van der Waals surface area contributed by atoms with Gasteiger partial charge in [0.25, 0.3) is 0 Å². The third-order valence-corrected chi connectivity index (χ3v) is 16.9. The minimum absolute atomic E-state index is 0.0534. The first kappa shape index (κ1) is 27.9. The van der Waals surface area contributed by atoms with E-state index in [2.05, 4.69) is 111 Å². The van der Waals surface area contributed by atoms with Gasteiger partial charge >= 0.3 is 242 Å². The fourth-order valence-corrected chi connectivity index (χ4v) is 15.2. The van der Waals surface area contributed by atoms with Crippen molar-refractivity contribution in [1.29, 1.82) is 0 Å². The number of H-pyrrole nitrogens is 1. The van der Waals surface area contributed by atoms with E-state index in [1.807, 2.05) is 6.07 Å². The molecule has 1 aliphatic rings. The number of aromatic amines is 1. The van der Waals surface area contributed by atoms with Crippen molar-refractivity contribution in [2.75, 3.05) is 6.61 Å². The number of nitrogens with one attached hydrogen (secondary N) is 1. The van der Waals surface area contributed by atoms with Crippen LogP contribution in [0.25, 0.3) is 0 Å². The Morgan fingerprint density at radius 1 is 0.897 bits per heavy atom. The van der Waals surface area contributed by atoms with Crippen molar-refractivity contribution in [2.45, 2.75) is 47.7 Å². The normalized spacial score (nSPS) is 19.7. The van der Waals surface area contributed by atoms with E-state index in [1.54, 1.807) is 22.5 Å². The first-order valence-electron chi connectivity index (χ1n) is 13.2. The number of hydrogen-bond donors (Lipinski definition) is 1. The zero-order valence-corrected chi connectivity index (χ0v) is 26.0. The predicted octanol–water partition coefficient (Wildman–Crippen LogP) is 3.94.